The van der Waals surface area contributed by atoms with E-state index >= 15 is 0 Å². The number of sulfonamides is 1. The van der Waals surface area contributed by atoms with Crippen LogP contribution in [0, 0.1) is 0 Å². The summed E-state index contributed by atoms with van der Waals surface area (Å²) in [5.74, 6) is 0.288. The summed E-state index contributed by atoms with van der Waals surface area (Å²) in [5.41, 5.74) is 0. The van der Waals surface area contributed by atoms with Crippen molar-refractivity contribution >= 4 is 10.0 Å². The Kier molecular flexibility index (Phi) is 4.65. The number of nitrogens with zero attached hydrogens (tertiary/aromatic N) is 2. The highest BCUT2D eigenvalue weighted by molar-refractivity contribution is 7.89. The fraction of sp³-hybridized carbons (Fsp3) is 1.00. The topological polar surface area (TPSA) is 52.7 Å². The minimum Gasteiger partial charge on any atom is -0.313 e. The predicted octanol–water partition coefficient (Wildman–Crippen LogP) is 0.628. The maximum absolute atomic E-state index is 12.4. The first-order valence-corrected chi connectivity index (χ1v) is 9.71. The van der Waals surface area contributed by atoms with Crippen LogP contribution in [0.15, 0.2) is 0 Å². The molecule has 20 heavy (non-hydrogen) atoms. The van der Waals surface area contributed by atoms with Crippen molar-refractivity contribution in [2.24, 2.45) is 0 Å². The third kappa shape index (κ3) is 3.35. The minimum absolute atomic E-state index is 0.174. The van der Waals surface area contributed by atoms with Crippen LogP contribution in [0.2, 0.25) is 0 Å². The summed E-state index contributed by atoms with van der Waals surface area (Å²) in [5, 5.41) is 3.29. The van der Waals surface area contributed by atoms with Crippen molar-refractivity contribution in [3.8, 4) is 0 Å². The van der Waals surface area contributed by atoms with Gasteiger partial charge in [-0.25, -0.2) is 8.42 Å². The van der Waals surface area contributed by atoms with Gasteiger partial charge in [0.1, 0.15) is 0 Å². The molecule has 0 radical (unpaired) electrons. The van der Waals surface area contributed by atoms with E-state index in [1.54, 1.807) is 4.31 Å². The van der Waals surface area contributed by atoms with Crippen molar-refractivity contribution in [3.63, 3.8) is 0 Å². The Hall–Kier alpha value is -0.170. The molecule has 0 aromatic carbocycles. The number of hydrogen-bond donors (Lipinski definition) is 1. The quantitative estimate of drug-likeness (QED) is 0.827. The number of nitrogens with one attached hydrogen (secondary N) is 1. The van der Waals surface area contributed by atoms with E-state index in [1.165, 1.54) is 25.7 Å². The van der Waals surface area contributed by atoms with E-state index in [1.807, 2.05) is 0 Å². The normalized spacial score (nSPS) is 31.1. The molecule has 3 aliphatic rings. The van der Waals surface area contributed by atoms with Crippen LogP contribution in [0.25, 0.3) is 0 Å². The van der Waals surface area contributed by atoms with Gasteiger partial charge in [0.05, 0.1) is 5.75 Å². The SMILES string of the molecule is O=S(=O)(CC1CCCN1)N1CCN(C2CCCC2)CC1. The molecule has 0 bridgehead atoms. The van der Waals surface area contributed by atoms with Crippen LogP contribution in [-0.4, -0.2) is 68.2 Å². The van der Waals surface area contributed by atoms with Gasteiger partial charge in [-0.3, -0.25) is 4.90 Å². The Labute approximate surface area is 122 Å². The van der Waals surface area contributed by atoms with Gasteiger partial charge in [-0.15, -0.1) is 0 Å². The third-order valence-electron chi connectivity index (χ3n) is 5.08. The molecule has 5 nitrogen and oxygen atoms in total. The van der Waals surface area contributed by atoms with Crippen LogP contribution >= 0.6 is 0 Å². The molecule has 0 aromatic heterocycles. The van der Waals surface area contributed by atoms with Crippen LogP contribution in [-0.2, 0) is 10.0 Å². The standard InChI is InChI=1S/C14H27N3O2S/c18-20(19,12-13-4-3-7-15-13)17-10-8-16(9-11-17)14-5-1-2-6-14/h13-15H,1-12H2. The van der Waals surface area contributed by atoms with Gasteiger partial charge in [0, 0.05) is 38.3 Å². The summed E-state index contributed by atoms with van der Waals surface area (Å²) in [4.78, 5) is 2.51. The fourth-order valence-electron chi connectivity index (χ4n) is 3.87. The lowest BCUT2D eigenvalue weighted by Gasteiger charge is -2.37. The molecule has 3 fully saturated rings. The molecule has 0 aromatic rings. The second-order valence-electron chi connectivity index (χ2n) is 6.45. The van der Waals surface area contributed by atoms with Gasteiger partial charge in [-0.1, -0.05) is 12.8 Å². The number of piperazine rings is 1. The monoisotopic (exact) mass is 301 g/mol. The van der Waals surface area contributed by atoms with E-state index in [2.05, 4.69) is 10.2 Å². The van der Waals surface area contributed by atoms with Crippen molar-refractivity contribution < 1.29 is 8.42 Å². The summed E-state index contributed by atoms with van der Waals surface area (Å²) < 4.78 is 26.6. The van der Waals surface area contributed by atoms with Crippen molar-refractivity contribution in [1.29, 1.82) is 0 Å². The third-order valence-corrected chi connectivity index (χ3v) is 7.06. The second-order valence-corrected chi connectivity index (χ2v) is 8.46. The van der Waals surface area contributed by atoms with E-state index in [0.29, 0.717) is 13.1 Å². The molecule has 6 heteroatoms. The molecular weight excluding hydrogens is 274 g/mol. The lowest BCUT2D eigenvalue weighted by molar-refractivity contribution is 0.139. The average molecular weight is 301 g/mol. The van der Waals surface area contributed by atoms with E-state index in [9.17, 15) is 8.42 Å². The molecular formula is C14H27N3O2S. The summed E-state index contributed by atoms with van der Waals surface area (Å²) in [6, 6.07) is 0.893. The maximum Gasteiger partial charge on any atom is 0.215 e. The van der Waals surface area contributed by atoms with Crippen LogP contribution in [0.5, 0.6) is 0 Å². The average Bonchev–Trinajstić information content (AvgIpc) is 3.11. The lowest BCUT2D eigenvalue weighted by atomic mass is 10.2. The zero-order chi connectivity index (χ0) is 14.0. The summed E-state index contributed by atoms with van der Waals surface area (Å²) >= 11 is 0. The molecule has 2 aliphatic heterocycles. The highest BCUT2D eigenvalue weighted by Crippen LogP contribution is 2.25. The van der Waals surface area contributed by atoms with E-state index < -0.39 is 10.0 Å². The summed E-state index contributed by atoms with van der Waals surface area (Å²) in [7, 11) is -3.07. The van der Waals surface area contributed by atoms with Crippen LogP contribution in [0.4, 0.5) is 0 Å². The van der Waals surface area contributed by atoms with E-state index in [0.717, 1.165) is 38.5 Å². The first-order chi connectivity index (χ1) is 9.65. The zero-order valence-electron chi connectivity index (χ0n) is 12.3. The van der Waals surface area contributed by atoms with E-state index in [-0.39, 0.29) is 11.8 Å². The molecule has 1 N–H and O–H groups in total. The Morgan fingerprint density at radius 3 is 2.25 bits per heavy atom. The molecule has 2 saturated heterocycles. The first-order valence-electron chi connectivity index (χ1n) is 8.10. The second kappa shape index (κ2) is 6.30. The van der Waals surface area contributed by atoms with Crippen molar-refractivity contribution in [1.82, 2.24) is 14.5 Å². The number of rotatable bonds is 4. The minimum atomic E-state index is -3.07. The highest BCUT2D eigenvalue weighted by Gasteiger charge is 2.32. The van der Waals surface area contributed by atoms with E-state index in [4.69, 9.17) is 0 Å². The van der Waals surface area contributed by atoms with Gasteiger partial charge in [0.15, 0.2) is 0 Å². The maximum atomic E-state index is 12.4. The summed E-state index contributed by atoms with van der Waals surface area (Å²) in [6.07, 6.45) is 7.40. The molecule has 0 spiro atoms. The van der Waals surface area contributed by atoms with Crippen LogP contribution in [0.3, 0.4) is 0 Å². The summed E-state index contributed by atoms with van der Waals surface area (Å²) in [6.45, 7) is 4.18. The molecule has 1 saturated carbocycles. The number of hydrogen-bond acceptors (Lipinski definition) is 4. The van der Waals surface area contributed by atoms with Gasteiger partial charge in [-0.05, 0) is 32.2 Å². The zero-order valence-corrected chi connectivity index (χ0v) is 13.1. The van der Waals surface area contributed by atoms with Crippen molar-refractivity contribution in [2.45, 2.75) is 50.6 Å². The van der Waals surface area contributed by atoms with Gasteiger partial charge >= 0.3 is 0 Å². The van der Waals surface area contributed by atoms with Gasteiger partial charge < -0.3 is 5.32 Å². The lowest BCUT2D eigenvalue weighted by Crippen LogP contribution is -2.52. The Morgan fingerprint density at radius 2 is 1.65 bits per heavy atom. The van der Waals surface area contributed by atoms with Crippen LogP contribution in [0.1, 0.15) is 38.5 Å². The smallest absolute Gasteiger partial charge is 0.215 e. The Bertz CT molecular complexity index is 406. The highest BCUT2D eigenvalue weighted by atomic mass is 32.2. The van der Waals surface area contributed by atoms with Crippen molar-refractivity contribution in [2.75, 3.05) is 38.5 Å². The van der Waals surface area contributed by atoms with Gasteiger partial charge in [0.25, 0.3) is 0 Å². The molecule has 2 heterocycles. The molecule has 1 atom stereocenters. The van der Waals surface area contributed by atoms with Crippen LogP contribution < -0.4 is 5.32 Å². The molecule has 116 valence electrons. The Morgan fingerprint density at radius 1 is 0.950 bits per heavy atom. The molecule has 3 rings (SSSR count). The predicted molar refractivity (Wildman–Crippen MR) is 80.2 cm³/mol. The first kappa shape index (κ1) is 14.8. The largest absolute Gasteiger partial charge is 0.313 e. The molecule has 1 aliphatic carbocycles. The molecule has 1 unspecified atom stereocenters. The molecule has 0 amide bonds. The van der Waals surface area contributed by atoms with Gasteiger partial charge in [0.2, 0.25) is 10.0 Å². The van der Waals surface area contributed by atoms with Crippen molar-refractivity contribution in [3.05, 3.63) is 0 Å². The van der Waals surface area contributed by atoms with Gasteiger partial charge in [-0.2, -0.15) is 4.31 Å². The Balaban J connectivity index is 1.51. The fourth-order valence-corrected chi connectivity index (χ4v) is 5.60.